The van der Waals surface area contributed by atoms with Crippen LogP contribution in [0.25, 0.3) is 10.8 Å². The second-order valence-corrected chi connectivity index (χ2v) is 10.3. The summed E-state index contributed by atoms with van der Waals surface area (Å²) in [5, 5.41) is 0.569. The van der Waals surface area contributed by atoms with Gasteiger partial charge in [0.25, 0.3) is 5.56 Å². The molecule has 2 fully saturated rings. The van der Waals surface area contributed by atoms with E-state index < -0.39 is 21.7 Å². The lowest BCUT2D eigenvalue weighted by Gasteiger charge is -2.26. The lowest BCUT2D eigenvalue weighted by atomic mass is 10.1. The normalized spacial score (nSPS) is 22.2. The Hall–Kier alpha value is -2.43. The van der Waals surface area contributed by atoms with Crippen molar-refractivity contribution in [1.82, 2.24) is 8.87 Å². The number of sulfonamides is 1. The maximum Gasteiger partial charge on any atom is 0.510 e. The summed E-state index contributed by atoms with van der Waals surface area (Å²) in [6, 6.07) is 5.83. The van der Waals surface area contributed by atoms with Crippen LogP contribution in [0.2, 0.25) is 0 Å². The third kappa shape index (κ3) is 4.19. The highest BCUT2D eigenvalue weighted by atomic mass is 32.2. The first-order chi connectivity index (χ1) is 14.7. The van der Waals surface area contributed by atoms with Gasteiger partial charge in [-0.1, -0.05) is 6.07 Å². The molecule has 0 amide bonds. The first kappa shape index (κ1) is 21.8. The van der Waals surface area contributed by atoms with Crippen LogP contribution in [0, 0.1) is 5.92 Å². The number of hydrogen-bond donors (Lipinski definition) is 1. The maximum absolute atomic E-state index is 13.5. The van der Waals surface area contributed by atoms with Crippen molar-refractivity contribution in [2.75, 3.05) is 6.54 Å². The van der Waals surface area contributed by atoms with E-state index in [0.717, 1.165) is 12.8 Å². The van der Waals surface area contributed by atoms with Gasteiger partial charge in [0, 0.05) is 35.6 Å². The van der Waals surface area contributed by atoms with Gasteiger partial charge in [0.2, 0.25) is 10.0 Å². The SMILES string of the molecule is CC(C)OC(=O)OCn1ccc2c(S(=O)(=O)N3CC[C@H](N)C3C3CC3)cccc2c1=O. The standard InChI is InChI=1S/C21H27N3O6S/c1-13(2)30-21(26)29-12-23-10-8-15-16(20(23)25)4-3-5-18(15)31(27,28)24-11-9-17(22)19(24)14-6-7-14/h3-5,8,10,13-14,17,19H,6-7,9,11-12,22H2,1-2H3/t17-,19?/m0/s1. The van der Waals surface area contributed by atoms with Crippen LogP contribution < -0.4 is 11.3 Å². The van der Waals surface area contributed by atoms with E-state index in [-0.39, 0.29) is 35.2 Å². The summed E-state index contributed by atoms with van der Waals surface area (Å²) in [6.45, 7) is 3.42. The number of carbonyl (C=O) groups excluding carboxylic acids is 1. The average molecular weight is 450 g/mol. The van der Waals surface area contributed by atoms with E-state index in [0.29, 0.717) is 24.3 Å². The zero-order valence-corrected chi connectivity index (χ0v) is 18.4. The van der Waals surface area contributed by atoms with Crippen LogP contribution in [0.15, 0.2) is 40.2 Å². The molecule has 0 spiro atoms. The molecule has 2 N–H and O–H groups in total. The van der Waals surface area contributed by atoms with Crippen LogP contribution in [0.4, 0.5) is 4.79 Å². The minimum Gasteiger partial charge on any atom is -0.432 e. The summed E-state index contributed by atoms with van der Waals surface area (Å²) >= 11 is 0. The number of aromatic nitrogens is 1. The average Bonchev–Trinajstić information content (AvgIpc) is 3.47. The Morgan fingerprint density at radius 1 is 1.19 bits per heavy atom. The van der Waals surface area contributed by atoms with Crippen molar-refractivity contribution in [1.29, 1.82) is 0 Å². The Kier molecular flexibility index (Phi) is 5.80. The molecular formula is C21H27N3O6S. The molecule has 1 unspecified atom stereocenters. The molecule has 9 nitrogen and oxygen atoms in total. The van der Waals surface area contributed by atoms with Crippen LogP contribution in [-0.4, -0.2) is 48.2 Å². The molecule has 2 atom stereocenters. The molecule has 2 aliphatic rings. The molecule has 1 aliphatic heterocycles. The Morgan fingerprint density at radius 2 is 1.94 bits per heavy atom. The van der Waals surface area contributed by atoms with Crippen molar-refractivity contribution in [3.05, 3.63) is 40.8 Å². The van der Waals surface area contributed by atoms with Crippen molar-refractivity contribution in [2.24, 2.45) is 11.7 Å². The van der Waals surface area contributed by atoms with E-state index in [9.17, 15) is 18.0 Å². The third-order valence-corrected chi connectivity index (χ3v) is 7.73. The van der Waals surface area contributed by atoms with E-state index in [4.69, 9.17) is 15.2 Å². The van der Waals surface area contributed by atoms with Gasteiger partial charge >= 0.3 is 6.16 Å². The molecule has 2 aromatic rings. The molecule has 1 aromatic heterocycles. The first-order valence-electron chi connectivity index (χ1n) is 10.4. The number of benzene rings is 1. The lowest BCUT2D eigenvalue weighted by Crippen LogP contribution is -2.44. The van der Waals surface area contributed by atoms with Gasteiger partial charge in [-0.15, -0.1) is 0 Å². The molecule has 4 rings (SSSR count). The smallest absolute Gasteiger partial charge is 0.432 e. The summed E-state index contributed by atoms with van der Waals surface area (Å²) in [4.78, 5) is 24.6. The van der Waals surface area contributed by atoms with Gasteiger partial charge in [0.05, 0.1) is 11.0 Å². The molecule has 1 aromatic carbocycles. The number of fused-ring (bicyclic) bond motifs is 1. The summed E-state index contributed by atoms with van der Waals surface area (Å²) in [6.07, 6.45) is 2.80. The van der Waals surface area contributed by atoms with Crippen LogP contribution >= 0.6 is 0 Å². The molecule has 0 bridgehead atoms. The van der Waals surface area contributed by atoms with E-state index in [1.807, 2.05) is 0 Å². The highest BCUT2D eigenvalue weighted by molar-refractivity contribution is 7.89. The fraction of sp³-hybridized carbons (Fsp3) is 0.524. The third-order valence-electron chi connectivity index (χ3n) is 5.78. The van der Waals surface area contributed by atoms with Crippen LogP contribution in [0.1, 0.15) is 33.1 Å². The number of carbonyl (C=O) groups is 1. The summed E-state index contributed by atoms with van der Waals surface area (Å²) < 4.78 is 39.6. The Labute approximate surface area is 180 Å². The monoisotopic (exact) mass is 449 g/mol. The number of pyridine rings is 1. The Bertz CT molecular complexity index is 1160. The van der Waals surface area contributed by atoms with Gasteiger partial charge < -0.3 is 15.2 Å². The minimum absolute atomic E-state index is 0.0918. The predicted octanol–water partition coefficient (Wildman–Crippen LogP) is 2.02. The fourth-order valence-corrected chi connectivity index (χ4v) is 6.16. The molecule has 1 saturated heterocycles. The van der Waals surface area contributed by atoms with Crippen molar-refractivity contribution >= 4 is 27.0 Å². The largest absolute Gasteiger partial charge is 0.510 e. The van der Waals surface area contributed by atoms with Gasteiger partial charge in [-0.3, -0.25) is 9.36 Å². The molecule has 31 heavy (non-hydrogen) atoms. The van der Waals surface area contributed by atoms with Gasteiger partial charge in [0.1, 0.15) is 0 Å². The van der Waals surface area contributed by atoms with Gasteiger partial charge in [-0.2, -0.15) is 4.31 Å². The van der Waals surface area contributed by atoms with Crippen LogP contribution in [-0.2, 0) is 26.2 Å². The molecule has 168 valence electrons. The summed E-state index contributed by atoms with van der Waals surface area (Å²) in [7, 11) is -3.82. The predicted molar refractivity (Wildman–Crippen MR) is 114 cm³/mol. The lowest BCUT2D eigenvalue weighted by molar-refractivity contribution is 0.0154. The van der Waals surface area contributed by atoms with Gasteiger partial charge in [0.15, 0.2) is 6.73 Å². The van der Waals surface area contributed by atoms with Gasteiger partial charge in [-0.25, -0.2) is 13.2 Å². The second-order valence-electron chi connectivity index (χ2n) is 8.39. The highest BCUT2D eigenvalue weighted by Gasteiger charge is 2.47. The quantitative estimate of drug-likeness (QED) is 0.670. The van der Waals surface area contributed by atoms with Gasteiger partial charge in [-0.05, 0) is 57.2 Å². The number of nitrogens with zero attached hydrogens (tertiary/aromatic N) is 2. The molecular weight excluding hydrogens is 422 g/mol. The summed E-state index contributed by atoms with van der Waals surface area (Å²) in [5.41, 5.74) is 5.76. The fourth-order valence-electron chi connectivity index (χ4n) is 4.20. The molecule has 1 saturated carbocycles. The number of nitrogens with two attached hydrogens (primary N) is 1. The molecule has 0 radical (unpaired) electrons. The van der Waals surface area contributed by atoms with E-state index in [1.165, 1.54) is 21.1 Å². The molecule has 2 heterocycles. The maximum atomic E-state index is 13.5. The zero-order chi connectivity index (χ0) is 22.3. The number of hydrogen-bond acceptors (Lipinski definition) is 7. The van der Waals surface area contributed by atoms with E-state index in [2.05, 4.69) is 0 Å². The summed E-state index contributed by atoms with van der Waals surface area (Å²) in [5.74, 6) is 0.308. The molecule has 1 aliphatic carbocycles. The van der Waals surface area contributed by atoms with Crippen LogP contribution in [0.5, 0.6) is 0 Å². The Balaban J connectivity index is 1.66. The number of rotatable bonds is 6. The van der Waals surface area contributed by atoms with Crippen molar-refractivity contribution in [3.63, 3.8) is 0 Å². The van der Waals surface area contributed by atoms with E-state index in [1.54, 1.807) is 32.0 Å². The van der Waals surface area contributed by atoms with E-state index >= 15 is 0 Å². The second kappa shape index (κ2) is 8.25. The van der Waals surface area contributed by atoms with Crippen molar-refractivity contribution in [3.8, 4) is 0 Å². The Morgan fingerprint density at radius 3 is 2.61 bits per heavy atom. The topological polar surface area (TPSA) is 121 Å². The zero-order valence-electron chi connectivity index (χ0n) is 17.6. The van der Waals surface area contributed by atoms with Crippen molar-refractivity contribution < 1.29 is 22.7 Å². The first-order valence-corrected chi connectivity index (χ1v) is 11.9. The number of ether oxygens (including phenoxy) is 2. The van der Waals surface area contributed by atoms with Crippen LogP contribution in [0.3, 0.4) is 0 Å². The molecule has 10 heteroatoms. The highest BCUT2D eigenvalue weighted by Crippen LogP contribution is 2.42. The van der Waals surface area contributed by atoms with Crippen molar-refractivity contribution in [2.45, 2.75) is 62.9 Å². The minimum atomic E-state index is -3.82.